The summed E-state index contributed by atoms with van der Waals surface area (Å²) < 4.78 is 42.2. The Kier molecular flexibility index (Phi) is 40.5. The molecule has 0 spiro atoms. The molecule has 75 heavy (non-hydrogen) atoms. The zero-order chi connectivity index (χ0) is 57.0. The molecule has 1 saturated heterocycles. The third kappa shape index (κ3) is 31.9. The molecule has 1 aliphatic heterocycles. The van der Waals surface area contributed by atoms with Crippen LogP contribution in [0.25, 0.3) is 0 Å². The molecule has 0 unspecified atom stereocenters. The number of aryl methyl sites for hydroxylation is 2. The fraction of sp³-hybridized carbons (Fsp3) is 0.544. The van der Waals surface area contributed by atoms with Gasteiger partial charge in [-0.3, -0.25) is 19.3 Å². The maximum absolute atomic E-state index is 12.4. The van der Waals surface area contributed by atoms with Gasteiger partial charge in [-0.25, -0.2) is 14.4 Å². The van der Waals surface area contributed by atoms with Crippen LogP contribution in [0.5, 0.6) is 0 Å². The number of esters is 2. The largest absolute Gasteiger partial charge is 0.465 e. The molecule has 0 saturated carbocycles. The van der Waals surface area contributed by atoms with E-state index in [2.05, 4.69) is 75.1 Å². The first-order valence-electron chi connectivity index (χ1n) is 25.2. The first kappa shape index (κ1) is 70.7. The van der Waals surface area contributed by atoms with E-state index in [0.29, 0.717) is 65.9 Å². The van der Waals surface area contributed by atoms with E-state index in [1.807, 2.05) is 50.2 Å². The van der Waals surface area contributed by atoms with Crippen LogP contribution in [0, 0.1) is 24.7 Å². The average molecular weight is 1060 g/mol. The van der Waals surface area contributed by atoms with Crippen molar-refractivity contribution >= 4 is 36.1 Å². The Labute approximate surface area is 448 Å². The quantitative estimate of drug-likeness (QED) is 0.0246. The zero-order valence-electron chi connectivity index (χ0n) is 46.7. The van der Waals surface area contributed by atoms with Gasteiger partial charge in [-0.1, -0.05) is 124 Å². The summed E-state index contributed by atoms with van der Waals surface area (Å²) in [5.41, 5.74) is 0.942. The number of ether oxygens (including phenoxy) is 8. The molecule has 1 fully saturated rings. The van der Waals surface area contributed by atoms with Gasteiger partial charge in [0.1, 0.15) is 32.0 Å². The summed E-state index contributed by atoms with van der Waals surface area (Å²) in [7, 11) is 2.95. The summed E-state index contributed by atoms with van der Waals surface area (Å²) in [6.45, 7) is 33.6. The number of benzene rings is 2. The van der Waals surface area contributed by atoms with Crippen molar-refractivity contribution in [2.24, 2.45) is 10.8 Å². The molecule has 0 bridgehead atoms. The van der Waals surface area contributed by atoms with Gasteiger partial charge in [-0.2, -0.15) is 0 Å². The molecule has 2 N–H and O–H groups in total. The van der Waals surface area contributed by atoms with Gasteiger partial charge in [-0.15, -0.1) is 26.3 Å². The molecule has 18 nitrogen and oxygen atoms in total. The first-order valence-corrected chi connectivity index (χ1v) is 25.2. The van der Waals surface area contributed by atoms with Gasteiger partial charge in [0.15, 0.2) is 0 Å². The highest BCUT2D eigenvalue weighted by molar-refractivity contribution is 6.06. The molecule has 18 heteroatoms. The van der Waals surface area contributed by atoms with E-state index in [1.165, 1.54) is 30.1 Å². The maximum Gasteiger partial charge on any atom is 0.406 e. The van der Waals surface area contributed by atoms with Gasteiger partial charge >= 0.3 is 30.2 Å². The molecular weight excluding hydrogens is 965 g/mol. The third-order valence-corrected chi connectivity index (χ3v) is 11.0. The van der Waals surface area contributed by atoms with Crippen LogP contribution in [0.15, 0.2) is 111 Å². The van der Waals surface area contributed by atoms with Crippen molar-refractivity contribution in [1.82, 2.24) is 20.4 Å². The zero-order valence-corrected chi connectivity index (χ0v) is 46.7. The Bertz CT molecular complexity index is 1810. The molecule has 0 aromatic heterocycles. The van der Waals surface area contributed by atoms with Crippen molar-refractivity contribution in [3.05, 3.63) is 122 Å². The van der Waals surface area contributed by atoms with E-state index in [0.717, 1.165) is 17.7 Å². The normalized spacial score (nSPS) is 12.2. The number of nitrogens with one attached hydrogen (secondary N) is 2. The highest BCUT2D eigenvalue weighted by Gasteiger charge is 2.50. The predicted molar refractivity (Wildman–Crippen MR) is 293 cm³/mol. The lowest BCUT2D eigenvalue weighted by Gasteiger charge is -2.31. The molecule has 0 aliphatic carbocycles. The summed E-state index contributed by atoms with van der Waals surface area (Å²) >= 11 is 0. The van der Waals surface area contributed by atoms with Crippen molar-refractivity contribution in [3.63, 3.8) is 0 Å². The van der Waals surface area contributed by atoms with Crippen LogP contribution in [-0.2, 0) is 52.3 Å². The molecule has 2 aromatic carbocycles. The number of hydrogen-bond acceptors (Lipinski definition) is 14. The topological polar surface area (TPSA) is 207 Å². The van der Waals surface area contributed by atoms with Gasteiger partial charge in [0.05, 0.1) is 76.8 Å². The fourth-order valence-corrected chi connectivity index (χ4v) is 6.14. The number of imide groups is 1. The van der Waals surface area contributed by atoms with Crippen molar-refractivity contribution < 1.29 is 66.7 Å². The number of amides is 5. The van der Waals surface area contributed by atoms with Gasteiger partial charge < -0.3 is 53.4 Å². The Morgan fingerprint density at radius 3 is 1.24 bits per heavy atom. The van der Waals surface area contributed by atoms with Crippen molar-refractivity contribution in [1.29, 1.82) is 0 Å². The monoisotopic (exact) mass is 1050 g/mol. The van der Waals surface area contributed by atoms with Gasteiger partial charge in [0.2, 0.25) is 0 Å². The summed E-state index contributed by atoms with van der Waals surface area (Å²) in [6.07, 6.45) is 7.89. The SMILES string of the molecule is C=CCOCC(CC)(COCC=C)COC(=O)CC.C=CCOCC(CC)(COCC=C)COC(=O)NC.CCC(=O)OCCN1C(=O)N(CCOC(=O)NC)C(C)(C)C1=O.Cc1ccccc1.Cc1ccccc1. The molecule has 0 atom stereocenters. The predicted octanol–water partition coefficient (Wildman–Crippen LogP) is 9.21. The molecule has 1 aliphatic rings. The first-order chi connectivity index (χ1) is 35.8. The Morgan fingerprint density at radius 1 is 0.547 bits per heavy atom. The minimum atomic E-state index is -1.04. The van der Waals surface area contributed by atoms with Crippen LogP contribution in [0.2, 0.25) is 0 Å². The van der Waals surface area contributed by atoms with Crippen LogP contribution in [0.3, 0.4) is 0 Å². The molecule has 5 amide bonds. The second-order valence-corrected chi connectivity index (χ2v) is 17.5. The van der Waals surface area contributed by atoms with Crippen LogP contribution in [-0.4, -0.2) is 158 Å². The van der Waals surface area contributed by atoms with E-state index in [4.69, 9.17) is 37.9 Å². The van der Waals surface area contributed by atoms with Gasteiger partial charge in [-0.05, 0) is 40.5 Å². The van der Waals surface area contributed by atoms with Crippen LogP contribution < -0.4 is 10.6 Å². The lowest BCUT2D eigenvalue weighted by molar-refractivity contribution is -0.151. The Hall–Kier alpha value is -6.34. The highest BCUT2D eigenvalue weighted by atomic mass is 16.6. The number of nitrogens with zero attached hydrogens (tertiary/aromatic N) is 2. The molecule has 422 valence electrons. The lowest BCUT2D eigenvalue weighted by atomic mass is 9.88. The Morgan fingerprint density at radius 2 is 0.907 bits per heavy atom. The van der Waals surface area contributed by atoms with Crippen LogP contribution >= 0.6 is 0 Å². The standard InChI is InChI=1S/C15H26O4.C14H23N3O6.C14H25NO4.2C7H8/c1-5-9-17-11-15(8-4,12-18-10-6-2)13-19-14(16)7-3;1-5-10(18)22-8-6-16-11(19)14(2,3)17(13(16)21)7-9-23-12(20)15-4;1-5-8-17-10-14(7-3,11-18-9-6-2)12-19-13(16)15-4;2*1-7-5-3-2-4-6-7/h5-6H,1-2,7-13H2,3-4H3;5-9H2,1-4H3,(H,15,20);5-6H,1-2,7-12H2,3-4H3,(H,15,16);2*2-6H,1H3. The number of urea groups is 1. The van der Waals surface area contributed by atoms with Gasteiger partial charge in [0.25, 0.3) is 5.91 Å². The Balaban J connectivity index is 0. The minimum Gasteiger partial charge on any atom is -0.465 e. The third-order valence-electron chi connectivity index (χ3n) is 11.0. The van der Waals surface area contributed by atoms with Crippen molar-refractivity contribution in [2.45, 2.75) is 86.6 Å². The van der Waals surface area contributed by atoms with E-state index >= 15 is 0 Å². The summed E-state index contributed by atoms with van der Waals surface area (Å²) in [5, 5.41) is 4.71. The van der Waals surface area contributed by atoms with E-state index < -0.39 is 23.8 Å². The van der Waals surface area contributed by atoms with E-state index in [-0.39, 0.29) is 68.0 Å². The summed E-state index contributed by atoms with van der Waals surface area (Å²) in [6, 6.07) is 20.0. The minimum absolute atomic E-state index is 0.000357. The van der Waals surface area contributed by atoms with E-state index in [9.17, 15) is 28.8 Å². The van der Waals surface area contributed by atoms with Crippen LogP contribution in [0.4, 0.5) is 14.4 Å². The number of rotatable bonds is 30. The van der Waals surface area contributed by atoms with E-state index in [1.54, 1.807) is 52.0 Å². The molecule has 3 rings (SSSR count). The number of carbonyl (C=O) groups excluding carboxylic acids is 6. The number of alkyl carbamates (subject to hydrolysis) is 2. The smallest absolute Gasteiger partial charge is 0.406 e. The fourth-order valence-electron chi connectivity index (χ4n) is 6.14. The molecule has 2 aromatic rings. The lowest BCUT2D eigenvalue weighted by Crippen LogP contribution is -2.46. The van der Waals surface area contributed by atoms with Crippen molar-refractivity contribution in [2.75, 3.05) is 106 Å². The average Bonchev–Trinajstić information content (AvgIpc) is 3.57. The second-order valence-electron chi connectivity index (χ2n) is 17.5. The van der Waals surface area contributed by atoms with Crippen LogP contribution in [0.1, 0.15) is 78.4 Å². The number of carbonyl (C=O) groups is 6. The molecule has 0 radical (unpaired) electrons. The second kappa shape index (κ2) is 43.0. The number of hydrogen-bond donors (Lipinski definition) is 2. The maximum atomic E-state index is 12.4. The summed E-state index contributed by atoms with van der Waals surface area (Å²) in [5.74, 6) is -0.973. The highest BCUT2D eigenvalue weighted by Crippen LogP contribution is 2.28. The van der Waals surface area contributed by atoms with Gasteiger partial charge in [0, 0.05) is 26.9 Å². The molecular formula is C57H90N4O14. The van der Waals surface area contributed by atoms with Crippen molar-refractivity contribution in [3.8, 4) is 0 Å². The molecule has 1 heterocycles. The summed E-state index contributed by atoms with van der Waals surface area (Å²) in [4.78, 5) is 71.7.